The summed E-state index contributed by atoms with van der Waals surface area (Å²) >= 11 is 6.17. The number of ether oxygens (including phenoxy) is 2. The Hall–Kier alpha value is -2.37. The van der Waals surface area contributed by atoms with Crippen molar-refractivity contribution >= 4 is 23.5 Å². The second-order valence-electron chi connectivity index (χ2n) is 8.13. The van der Waals surface area contributed by atoms with Crippen LogP contribution in [0.3, 0.4) is 0 Å². The molecule has 1 aliphatic rings. The van der Waals surface area contributed by atoms with Gasteiger partial charge in [-0.15, -0.1) is 0 Å². The zero-order valence-corrected chi connectivity index (χ0v) is 18.9. The summed E-state index contributed by atoms with van der Waals surface area (Å²) in [6.45, 7) is 3.01. The van der Waals surface area contributed by atoms with Gasteiger partial charge in [0.1, 0.15) is 0 Å². The van der Waals surface area contributed by atoms with Gasteiger partial charge >= 0.3 is 5.97 Å². The number of esters is 1. The molecule has 0 bridgehead atoms. The van der Waals surface area contributed by atoms with E-state index in [0.717, 1.165) is 17.7 Å². The summed E-state index contributed by atoms with van der Waals surface area (Å²) in [5.74, 6) is 0.0228. The Morgan fingerprint density at radius 3 is 2.48 bits per heavy atom. The predicted octanol–water partition coefficient (Wildman–Crippen LogP) is 5.71. The fraction of sp³-hybridized carbons (Fsp3) is 0.440. The van der Waals surface area contributed by atoms with Gasteiger partial charge in [-0.25, -0.2) is 4.79 Å². The molecule has 1 amide bonds. The Morgan fingerprint density at radius 1 is 1.10 bits per heavy atom. The first kappa shape index (κ1) is 23.3. The number of carbonyl (C=O) groups is 2. The molecule has 0 unspecified atom stereocenters. The third-order valence-electron chi connectivity index (χ3n) is 5.83. The summed E-state index contributed by atoms with van der Waals surface area (Å²) in [5, 5.41) is 3.52. The molecule has 166 valence electrons. The van der Waals surface area contributed by atoms with E-state index in [4.69, 9.17) is 21.1 Å². The molecule has 3 rings (SSSR count). The van der Waals surface area contributed by atoms with Gasteiger partial charge in [0, 0.05) is 17.2 Å². The topological polar surface area (TPSA) is 64.6 Å². The van der Waals surface area contributed by atoms with Gasteiger partial charge in [-0.2, -0.15) is 0 Å². The molecule has 0 saturated heterocycles. The van der Waals surface area contributed by atoms with E-state index in [1.165, 1.54) is 39.2 Å². The van der Waals surface area contributed by atoms with Crippen molar-refractivity contribution in [1.82, 2.24) is 5.32 Å². The molecular weight excluding hydrogens is 414 g/mol. The molecule has 0 aromatic heterocycles. The van der Waals surface area contributed by atoms with Crippen molar-refractivity contribution in [1.29, 1.82) is 0 Å². The molecule has 5 nitrogen and oxygen atoms in total. The van der Waals surface area contributed by atoms with Crippen molar-refractivity contribution in [3.8, 4) is 0 Å². The van der Waals surface area contributed by atoms with Gasteiger partial charge in [0.15, 0.2) is 0 Å². The summed E-state index contributed by atoms with van der Waals surface area (Å²) in [6.07, 6.45) is 6.32. The Labute approximate surface area is 189 Å². The van der Waals surface area contributed by atoms with Crippen LogP contribution in [0.25, 0.3) is 0 Å². The van der Waals surface area contributed by atoms with Crippen molar-refractivity contribution in [2.45, 2.75) is 51.7 Å². The number of hydrogen-bond donors (Lipinski definition) is 1. The van der Waals surface area contributed by atoms with Gasteiger partial charge in [-0.3, -0.25) is 4.79 Å². The Kier molecular flexibility index (Phi) is 8.50. The van der Waals surface area contributed by atoms with Crippen molar-refractivity contribution in [2.24, 2.45) is 5.92 Å². The monoisotopic (exact) mass is 443 g/mol. The molecule has 0 aliphatic heterocycles. The second-order valence-corrected chi connectivity index (χ2v) is 8.57. The van der Waals surface area contributed by atoms with Gasteiger partial charge in [0.25, 0.3) is 5.91 Å². The summed E-state index contributed by atoms with van der Waals surface area (Å²) in [6, 6.07) is 12.1. The fourth-order valence-electron chi connectivity index (χ4n) is 3.96. The number of rotatable bonds is 8. The molecule has 6 heteroatoms. The van der Waals surface area contributed by atoms with Crippen LogP contribution in [0.2, 0.25) is 5.02 Å². The molecule has 1 fully saturated rings. The lowest BCUT2D eigenvalue weighted by molar-refractivity contribution is 0.0600. The van der Waals surface area contributed by atoms with Crippen LogP contribution in [-0.4, -0.2) is 25.6 Å². The van der Waals surface area contributed by atoms with Crippen molar-refractivity contribution in [3.63, 3.8) is 0 Å². The first-order valence-corrected chi connectivity index (χ1v) is 11.2. The number of amides is 1. The Morgan fingerprint density at radius 2 is 1.81 bits per heavy atom. The number of benzene rings is 2. The lowest BCUT2D eigenvalue weighted by Gasteiger charge is -2.21. The van der Waals surface area contributed by atoms with Crippen LogP contribution in [0, 0.1) is 5.92 Å². The fourth-order valence-corrected chi connectivity index (χ4v) is 4.13. The molecule has 1 aliphatic carbocycles. The number of halogens is 1. The number of carbonyl (C=O) groups excluding carboxylic acids is 2. The van der Waals surface area contributed by atoms with Crippen LogP contribution in [0.15, 0.2) is 42.5 Å². The molecule has 0 spiro atoms. The summed E-state index contributed by atoms with van der Waals surface area (Å²) in [5.41, 5.74) is 2.70. The maximum absolute atomic E-state index is 13.0. The highest BCUT2D eigenvalue weighted by atomic mass is 35.5. The molecular formula is C25H30ClNO4. The van der Waals surface area contributed by atoms with E-state index in [-0.39, 0.29) is 17.9 Å². The highest BCUT2D eigenvalue weighted by Gasteiger charge is 2.18. The normalized spacial score (nSPS) is 15.3. The molecule has 1 N–H and O–H groups in total. The highest BCUT2D eigenvalue weighted by Crippen LogP contribution is 2.25. The van der Waals surface area contributed by atoms with Gasteiger partial charge < -0.3 is 14.8 Å². The largest absolute Gasteiger partial charge is 0.465 e. The maximum atomic E-state index is 13.0. The van der Waals surface area contributed by atoms with Crippen molar-refractivity contribution in [3.05, 3.63) is 69.7 Å². The first-order chi connectivity index (χ1) is 15.0. The Bertz CT molecular complexity index is 891. The quantitative estimate of drug-likeness (QED) is 0.530. The summed E-state index contributed by atoms with van der Waals surface area (Å²) in [4.78, 5) is 24.6. The predicted molar refractivity (Wildman–Crippen MR) is 121 cm³/mol. The molecule has 2 aromatic carbocycles. The van der Waals surface area contributed by atoms with Crippen LogP contribution >= 0.6 is 11.6 Å². The van der Waals surface area contributed by atoms with Gasteiger partial charge in [0.05, 0.1) is 25.3 Å². The van der Waals surface area contributed by atoms with Crippen LogP contribution in [0.1, 0.15) is 76.9 Å². The van der Waals surface area contributed by atoms with Gasteiger partial charge in [-0.1, -0.05) is 49.1 Å². The molecule has 0 radical (unpaired) electrons. The van der Waals surface area contributed by atoms with Gasteiger partial charge in [0.2, 0.25) is 0 Å². The van der Waals surface area contributed by atoms with Crippen LogP contribution in [0.5, 0.6) is 0 Å². The SMILES string of the molecule is COC(=O)c1ccc([C@H](C)NC(=O)c2cc(Cl)ccc2COCC2CCCCC2)cc1. The minimum Gasteiger partial charge on any atom is -0.465 e. The summed E-state index contributed by atoms with van der Waals surface area (Å²) < 4.78 is 10.7. The zero-order valence-electron chi connectivity index (χ0n) is 18.2. The lowest BCUT2D eigenvalue weighted by Crippen LogP contribution is -2.27. The zero-order chi connectivity index (χ0) is 22.2. The van der Waals surface area contributed by atoms with Crippen LogP contribution in [0.4, 0.5) is 0 Å². The third kappa shape index (κ3) is 6.55. The molecule has 1 atom stereocenters. The van der Waals surface area contributed by atoms with Crippen molar-refractivity contribution < 1.29 is 19.1 Å². The number of nitrogens with one attached hydrogen (secondary N) is 1. The first-order valence-electron chi connectivity index (χ1n) is 10.8. The highest BCUT2D eigenvalue weighted by molar-refractivity contribution is 6.31. The van der Waals surface area contributed by atoms with E-state index in [1.54, 1.807) is 24.3 Å². The third-order valence-corrected chi connectivity index (χ3v) is 6.07. The number of methoxy groups -OCH3 is 1. The minimum atomic E-state index is -0.389. The second kappa shape index (κ2) is 11.3. The standard InChI is InChI=1S/C25H30ClNO4/c1-17(19-8-10-20(11-9-19)25(29)30-2)27-24(28)23-14-22(26)13-12-21(23)16-31-15-18-6-4-3-5-7-18/h8-14,17-18H,3-7,15-16H2,1-2H3,(H,27,28)/t17-/m0/s1. The number of hydrogen-bond acceptors (Lipinski definition) is 4. The van der Waals surface area contributed by atoms with E-state index in [1.807, 2.05) is 25.1 Å². The molecule has 2 aromatic rings. The Balaban J connectivity index is 1.63. The van der Waals surface area contributed by atoms with Crippen LogP contribution in [-0.2, 0) is 16.1 Å². The van der Waals surface area contributed by atoms with E-state index in [0.29, 0.717) is 28.7 Å². The molecule has 0 heterocycles. The molecule has 1 saturated carbocycles. The van der Waals surface area contributed by atoms with Crippen LogP contribution < -0.4 is 5.32 Å². The van der Waals surface area contributed by atoms with E-state index in [9.17, 15) is 9.59 Å². The minimum absolute atomic E-state index is 0.205. The van der Waals surface area contributed by atoms with Gasteiger partial charge in [-0.05, 0) is 61.1 Å². The average molecular weight is 444 g/mol. The van der Waals surface area contributed by atoms with E-state index >= 15 is 0 Å². The smallest absolute Gasteiger partial charge is 0.337 e. The van der Waals surface area contributed by atoms with E-state index < -0.39 is 0 Å². The van der Waals surface area contributed by atoms with E-state index in [2.05, 4.69) is 5.32 Å². The maximum Gasteiger partial charge on any atom is 0.337 e. The average Bonchev–Trinajstić information content (AvgIpc) is 2.80. The summed E-state index contributed by atoms with van der Waals surface area (Å²) in [7, 11) is 1.35. The van der Waals surface area contributed by atoms with Crippen molar-refractivity contribution in [2.75, 3.05) is 13.7 Å². The molecule has 31 heavy (non-hydrogen) atoms. The lowest BCUT2D eigenvalue weighted by atomic mass is 9.90.